The van der Waals surface area contributed by atoms with Crippen molar-refractivity contribution in [3.63, 3.8) is 0 Å². The lowest BCUT2D eigenvalue weighted by Gasteiger charge is -2.43. The fourth-order valence-corrected chi connectivity index (χ4v) is 3.21. The van der Waals surface area contributed by atoms with E-state index in [9.17, 15) is 9.59 Å². The number of carbonyl (C=O) groups is 2. The van der Waals surface area contributed by atoms with Crippen LogP contribution in [-0.2, 0) is 14.0 Å². The van der Waals surface area contributed by atoms with Crippen LogP contribution in [0.25, 0.3) is 0 Å². The molecule has 0 bridgehead atoms. The third-order valence-corrected chi connectivity index (χ3v) is 8.93. The molecule has 0 aromatic heterocycles. The van der Waals surface area contributed by atoms with Gasteiger partial charge in [-0.05, 0) is 18.1 Å². The summed E-state index contributed by atoms with van der Waals surface area (Å²) in [4.78, 5) is 23.3. The Labute approximate surface area is 124 Å². The van der Waals surface area contributed by atoms with Gasteiger partial charge in [0.15, 0.2) is 8.32 Å². The lowest BCUT2D eigenvalue weighted by molar-refractivity contribution is -0.143. The highest BCUT2D eigenvalue weighted by atomic mass is 28.4. The minimum atomic E-state index is -2.12. The number of carboxylic acids is 1. The van der Waals surface area contributed by atoms with Gasteiger partial charge in [-0.25, -0.2) is 0 Å². The van der Waals surface area contributed by atoms with E-state index in [2.05, 4.69) is 33.9 Å². The minimum Gasteiger partial charge on any atom is -0.481 e. The number of carbonyl (C=O) groups excluding carboxylic acids is 1. The molecule has 0 radical (unpaired) electrons. The molecule has 0 amide bonds. The highest BCUT2D eigenvalue weighted by molar-refractivity contribution is 6.74. The Hall–Kier alpha value is -0.683. The molecular weight excluding hydrogens is 272 g/mol. The first-order valence-corrected chi connectivity index (χ1v) is 10.1. The van der Waals surface area contributed by atoms with Crippen molar-refractivity contribution in [3.8, 4) is 0 Å². The van der Waals surface area contributed by atoms with E-state index in [1.165, 1.54) is 0 Å². The van der Waals surface area contributed by atoms with Gasteiger partial charge in [-0.3, -0.25) is 9.59 Å². The molecule has 5 heteroatoms. The summed E-state index contributed by atoms with van der Waals surface area (Å²) in [6.07, 6.45) is -0.316. The summed E-state index contributed by atoms with van der Waals surface area (Å²) in [6.45, 7) is 15.8. The van der Waals surface area contributed by atoms with E-state index in [1.807, 2.05) is 0 Å². The summed E-state index contributed by atoms with van der Waals surface area (Å²) in [5.41, 5.74) is -0.775. The highest BCUT2D eigenvalue weighted by Gasteiger charge is 2.45. The predicted octanol–water partition coefficient (Wildman–Crippen LogP) is 3.86. The second-order valence-corrected chi connectivity index (χ2v) is 12.2. The number of carboxylic acid groups (broad SMARTS) is 1. The Kier molecular flexibility index (Phi) is 6.17. The highest BCUT2D eigenvalue weighted by Crippen LogP contribution is 2.40. The molecular formula is C15H30O4Si. The first-order valence-electron chi connectivity index (χ1n) is 7.18. The minimum absolute atomic E-state index is 0.0188. The second-order valence-electron chi connectivity index (χ2n) is 7.46. The molecule has 0 unspecified atom stereocenters. The van der Waals surface area contributed by atoms with Gasteiger partial charge in [-0.1, -0.05) is 41.5 Å². The van der Waals surface area contributed by atoms with Crippen LogP contribution in [-0.4, -0.2) is 31.3 Å². The first kappa shape index (κ1) is 19.3. The number of rotatable bonds is 7. The van der Waals surface area contributed by atoms with Gasteiger partial charge in [0.05, 0.1) is 12.5 Å². The van der Waals surface area contributed by atoms with Crippen LogP contribution in [0.1, 0.15) is 54.4 Å². The molecule has 0 aliphatic rings. The Bertz CT molecular complexity index is 367. The van der Waals surface area contributed by atoms with Crippen molar-refractivity contribution in [2.45, 2.75) is 78.6 Å². The number of hydrogen-bond acceptors (Lipinski definition) is 3. The third kappa shape index (κ3) is 4.70. The van der Waals surface area contributed by atoms with Crippen molar-refractivity contribution in [1.82, 2.24) is 0 Å². The summed E-state index contributed by atoms with van der Waals surface area (Å²) >= 11 is 0. The van der Waals surface area contributed by atoms with E-state index in [4.69, 9.17) is 9.53 Å². The van der Waals surface area contributed by atoms with Crippen molar-refractivity contribution in [2.24, 2.45) is 5.41 Å². The van der Waals surface area contributed by atoms with Crippen molar-refractivity contribution >= 4 is 20.1 Å². The first-order chi connectivity index (χ1) is 8.75. The molecule has 0 fully saturated rings. The molecule has 118 valence electrons. The van der Waals surface area contributed by atoms with Gasteiger partial charge < -0.3 is 9.53 Å². The molecule has 0 aromatic carbocycles. The van der Waals surface area contributed by atoms with Crippen molar-refractivity contribution in [3.05, 3.63) is 0 Å². The zero-order chi connectivity index (χ0) is 16.4. The smallest absolute Gasteiger partial charge is 0.305 e. The van der Waals surface area contributed by atoms with E-state index in [0.29, 0.717) is 6.42 Å². The summed E-state index contributed by atoms with van der Waals surface area (Å²) in [6, 6.07) is 0. The lowest BCUT2D eigenvalue weighted by atomic mass is 9.79. The fourth-order valence-electron chi connectivity index (χ4n) is 1.77. The van der Waals surface area contributed by atoms with E-state index in [1.54, 1.807) is 20.8 Å². The third-order valence-electron chi connectivity index (χ3n) is 4.45. The zero-order valence-electron chi connectivity index (χ0n) is 14.2. The molecule has 0 aromatic rings. The molecule has 0 spiro atoms. The van der Waals surface area contributed by atoms with Crippen LogP contribution in [0.4, 0.5) is 0 Å². The maximum Gasteiger partial charge on any atom is 0.305 e. The van der Waals surface area contributed by atoms with E-state index >= 15 is 0 Å². The Morgan fingerprint density at radius 1 is 1.15 bits per heavy atom. The van der Waals surface area contributed by atoms with Crippen molar-refractivity contribution in [1.29, 1.82) is 0 Å². The van der Waals surface area contributed by atoms with Crippen molar-refractivity contribution in [2.75, 3.05) is 0 Å². The Morgan fingerprint density at radius 3 is 1.90 bits per heavy atom. The molecule has 1 atom stereocenters. The molecule has 0 saturated heterocycles. The van der Waals surface area contributed by atoms with Gasteiger partial charge in [0.1, 0.15) is 5.78 Å². The van der Waals surface area contributed by atoms with Crippen LogP contribution in [0, 0.1) is 5.41 Å². The summed E-state index contributed by atoms with van der Waals surface area (Å²) in [5.74, 6) is -0.881. The topological polar surface area (TPSA) is 63.6 Å². The van der Waals surface area contributed by atoms with Gasteiger partial charge >= 0.3 is 5.97 Å². The van der Waals surface area contributed by atoms with E-state index in [-0.39, 0.29) is 17.2 Å². The second kappa shape index (κ2) is 6.39. The Balaban J connectivity index is 5.39. The molecule has 1 N–H and O–H groups in total. The number of Topliss-reactive ketones (excluding diaryl/α,β-unsaturated/α-hetero) is 1. The fraction of sp³-hybridized carbons (Fsp3) is 0.867. The number of ketones is 1. The molecule has 0 aliphatic heterocycles. The van der Waals surface area contributed by atoms with Gasteiger partial charge in [0, 0.05) is 11.8 Å². The van der Waals surface area contributed by atoms with Crippen LogP contribution in [0.2, 0.25) is 18.1 Å². The quantitative estimate of drug-likeness (QED) is 0.725. The normalized spacial score (nSPS) is 15.0. The average molecular weight is 302 g/mol. The van der Waals surface area contributed by atoms with Crippen LogP contribution in [0.15, 0.2) is 0 Å². The summed E-state index contributed by atoms with van der Waals surface area (Å²) < 4.78 is 6.24. The molecule has 0 heterocycles. The van der Waals surface area contributed by atoms with Gasteiger partial charge in [-0.2, -0.15) is 0 Å². The lowest BCUT2D eigenvalue weighted by Crippen LogP contribution is -2.50. The molecule has 0 aliphatic carbocycles. The number of aliphatic carboxylic acids is 1. The standard InChI is InChI=1S/C15H30O4Si/c1-9-11(16)15(5,6)12(10-13(17)18)19-20(7,8)14(2,3)4/h12H,9-10H2,1-8H3,(H,17,18)/t12-/m0/s1. The summed E-state index contributed by atoms with van der Waals surface area (Å²) in [7, 11) is -2.12. The molecule has 0 saturated carbocycles. The molecule has 0 rings (SSSR count). The SMILES string of the molecule is CCC(=O)C(C)(C)[C@H](CC(=O)O)O[Si](C)(C)C(C)(C)C. The maximum atomic E-state index is 12.1. The monoisotopic (exact) mass is 302 g/mol. The van der Waals surface area contributed by atoms with Gasteiger partial charge in [-0.15, -0.1) is 0 Å². The van der Waals surface area contributed by atoms with E-state index < -0.39 is 25.8 Å². The average Bonchev–Trinajstić information content (AvgIpc) is 2.24. The molecule has 20 heavy (non-hydrogen) atoms. The van der Waals surface area contributed by atoms with Crippen LogP contribution in [0.5, 0.6) is 0 Å². The number of hydrogen-bond donors (Lipinski definition) is 1. The largest absolute Gasteiger partial charge is 0.481 e. The zero-order valence-corrected chi connectivity index (χ0v) is 15.2. The van der Waals surface area contributed by atoms with Crippen molar-refractivity contribution < 1.29 is 19.1 Å². The predicted molar refractivity (Wildman–Crippen MR) is 83.4 cm³/mol. The molecule has 4 nitrogen and oxygen atoms in total. The Morgan fingerprint density at radius 2 is 1.60 bits per heavy atom. The van der Waals surface area contributed by atoms with Crippen LogP contribution in [0.3, 0.4) is 0 Å². The van der Waals surface area contributed by atoms with Gasteiger partial charge in [0.2, 0.25) is 0 Å². The van der Waals surface area contributed by atoms with Crippen LogP contribution >= 0.6 is 0 Å². The van der Waals surface area contributed by atoms with Crippen LogP contribution < -0.4 is 0 Å². The maximum absolute atomic E-state index is 12.1. The van der Waals surface area contributed by atoms with Gasteiger partial charge in [0.25, 0.3) is 0 Å². The summed E-state index contributed by atoms with van der Waals surface area (Å²) in [5, 5.41) is 9.11. The van der Waals surface area contributed by atoms with E-state index in [0.717, 1.165) is 0 Å².